The summed E-state index contributed by atoms with van der Waals surface area (Å²) >= 11 is 4.50. The molecule has 0 saturated carbocycles. The average Bonchev–Trinajstić information content (AvgIpc) is 2.34. The molecule has 1 N–H and O–H groups in total. The van der Waals surface area contributed by atoms with Crippen molar-refractivity contribution in [3.05, 3.63) is 52.4 Å². The van der Waals surface area contributed by atoms with Crippen molar-refractivity contribution in [2.45, 2.75) is 9.92 Å². The van der Waals surface area contributed by atoms with Gasteiger partial charge in [-0.15, -0.1) is 0 Å². The Morgan fingerprint density at radius 2 is 2.17 bits per heavy atom. The number of aromatic nitrogens is 1. The summed E-state index contributed by atoms with van der Waals surface area (Å²) in [4.78, 5) is 15.6. The van der Waals surface area contributed by atoms with Gasteiger partial charge < -0.3 is 5.11 Å². The van der Waals surface area contributed by atoms with Crippen LogP contribution in [0.2, 0.25) is 0 Å². The predicted molar refractivity (Wildman–Crippen MR) is 69.4 cm³/mol. The minimum absolute atomic E-state index is 0.0717. The van der Waals surface area contributed by atoms with E-state index in [0.29, 0.717) is 9.92 Å². The second kappa shape index (κ2) is 5.49. The monoisotopic (exact) mass is 327 g/mol. The van der Waals surface area contributed by atoms with Crippen LogP contribution in [0.25, 0.3) is 0 Å². The molecule has 0 atom stereocenters. The van der Waals surface area contributed by atoms with Crippen LogP contribution in [0.15, 0.2) is 50.9 Å². The summed E-state index contributed by atoms with van der Waals surface area (Å²) in [6.07, 6.45) is 1.61. The maximum absolute atomic E-state index is 13.0. The molecule has 18 heavy (non-hydrogen) atoms. The number of hydrogen-bond donors (Lipinski definition) is 1. The molecule has 0 amide bonds. The van der Waals surface area contributed by atoms with E-state index in [0.717, 1.165) is 10.5 Å². The lowest BCUT2D eigenvalue weighted by molar-refractivity contribution is 0.0692. The standard InChI is InChI=1S/C12H7BrFNO2S/c13-9-2-1-5-15-11(9)18-10-4-3-7(14)6-8(10)12(16)17/h1-6H,(H,16,17). The molecule has 2 aromatic rings. The minimum atomic E-state index is -1.16. The van der Waals surface area contributed by atoms with E-state index in [1.165, 1.54) is 23.9 Å². The quantitative estimate of drug-likeness (QED) is 0.930. The first-order valence-electron chi connectivity index (χ1n) is 4.89. The summed E-state index contributed by atoms with van der Waals surface area (Å²) in [5, 5.41) is 9.66. The summed E-state index contributed by atoms with van der Waals surface area (Å²) < 4.78 is 13.8. The molecule has 92 valence electrons. The van der Waals surface area contributed by atoms with E-state index < -0.39 is 11.8 Å². The highest BCUT2D eigenvalue weighted by molar-refractivity contribution is 9.10. The van der Waals surface area contributed by atoms with Crippen molar-refractivity contribution in [1.82, 2.24) is 4.98 Å². The molecular weight excluding hydrogens is 321 g/mol. The molecule has 0 radical (unpaired) electrons. The number of carboxylic acids is 1. The van der Waals surface area contributed by atoms with Crippen LogP contribution in [0.4, 0.5) is 4.39 Å². The third kappa shape index (κ3) is 2.88. The first kappa shape index (κ1) is 13.0. The summed E-state index contributed by atoms with van der Waals surface area (Å²) in [7, 11) is 0. The van der Waals surface area contributed by atoms with Gasteiger partial charge in [-0.1, -0.05) is 11.8 Å². The van der Waals surface area contributed by atoms with Crippen molar-refractivity contribution in [2.75, 3.05) is 0 Å². The summed E-state index contributed by atoms with van der Waals surface area (Å²) in [5.74, 6) is -1.74. The number of hydrogen-bond acceptors (Lipinski definition) is 3. The first-order valence-corrected chi connectivity index (χ1v) is 6.50. The van der Waals surface area contributed by atoms with Gasteiger partial charge in [0.1, 0.15) is 10.8 Å². The predicted octanol–water partition coefficient (Wildman–Crippen LogP) is 3.83. The van der Waals surface area contributed by atoms with Crippen molar-refractivity contribution in [1.29, 1.82) is 0 Å². The van der Waals surface area contributed by atoms with Crippen molar-refractivity contribution in [2.24, 2.45) is 0 Å². The Hall–Kier alpha value is -1.40. The molecule has 0 aliphatic rings. The normalized spacial score (nSPS) is 10.3. The second-order valence-electron chi connectivity index (χ2n) is 3.34. The third-order valence-corrected chi connectivity index (χ3v) is 4.10. The van der Waals surface area contributed by atoms with E-state index in [-0.39, 0.29) is 5.56 Å². The number of aromatic carboxylic acids is 1. The van der Waals surface area contributed by atoms with Gasteiger partial charge in [0.2, 0.25) is 0 Å². The number of rotatable bonds is 3. The highest BCUT2D eigenvalue weighted by Gasteiger charge is 2.14. The van der Waals surface area contributed by atoms with Crippen molar-refractivity contribution in [3.8, 4) is 0 Å². The topological polar surface area (TPSA) is 50.2 Å². The van der Waals surface area contributed by atoms with Gasteiger partial charge >= 0.3 is 5.97 Å². The maximum Gasteiger partial charge on any atom is 0.336 e. The van der Waals surface area contributed by atoms with Crippen LogP contribution in [-0.4, -0.2) is 16.1 Å². The molecule has 1 heterocycles. The fourth-order valence-electron chi connectivity index (χ4n) is 1.31. The number of carboxylic acid groups (broad SMARTS) is 1. The third-order valence-electron chi connectivity index (χ3n) is 2.10. The summed E-state index contributed by atoms with van der Waals surface area (Å²) in [6, 6.07) is 7.23. The molecule has 1 aromatic carbocycles. The molecule has 0 aliphatic heterocycles. The van der Waals surface area contributed by atoms with E-state index in [1.807, 2.05) is 0 Å². The van der Waals surface area contributed by atoms with Gasteiger partial charge in [0, 0.05) is 11.1 Å². The Morgan fingerprint density at radius 1 is 1.39 bits per heavy atom. The lowest BCUT2D eigenvalue weighted by Gasteiger charge is -2.06. The fourth-order valence-corrected chi connectivity index (χ4v) is 2.69. The van der Waals surface area contributed by atoms with Crippen LogP contribution in [-0.2, 0) is 0 Å². The van der Waals surface area contributed by atoms with Crippen LogP contribution in [0.1, 0.15) is 10.4 Å². The van der Waals surface area contributed by atoms with Crippen molar-refractivity contribution < 1.29 is 14.3 Å². The highest BCUT2D eigenvalue weighted by Crippen LogP contribution is 2.33. The molecule has 0 fully saturated rings. The van der Waals surface area contributed by atoms with Gasteiger partial charge in [-0.05, 0) is 46.3 Å². The molecule has 0 saturated heterocycles. The van der Waals surface area contributed by atoms with Gasteiger partial charge in [-0.3, -0.25) is 0 Å². The Morgan fingerprint density at radius 3 is 2.83 bits per heavy atom. The molecule has 0 aliphatic carbocycles. The Kier molecular flexibility index (Phi) is 3.98. The number of pyridine rings is 1. The van der Waals surface area contributed by atoms with E-state index in [4.69, 9.17) is 5.11 Å². The van der Waals surface area contributed by atoms with E-state index >= 15 is 0 Å². The maximum atomic E-state index is 13.0. The Bertz CT molecular complexity index is 606. The lowest BCUT2D eigenvalue weighted by Crippen LogP contribution is -1.99. The Labute approximate surface area is 115 Å². The lowest BCUT2D eigenvalue weighted by atomic mass is 10.2. The van der Waals surface area contributed by atoms with E-state index in [2.05, 4.69) is 20.9 Å². The zero-order chi connectivity index (χ0) is 13.1. The smallest absolute Gasteiger partial charge is 0.336 e. The molecule has 0 unspecified atom stereocenters. The van der Waals surface area contributed by atoms with Gasteiger partial charge in [0.15, 0.2) is 0 Å². The van der Waals surface area contributed by atoms with Gasteiger partial charge in [0.25, 0.3) is 0 Å². The van der Waals surface area contributed by atoms with Crippen molar-refractivity contribution >= 4 is 33.7 Å². The number of benzene rings is 1. The number of carbonyl (C=O) groups is 1. The molecule has 3 nitrogen and oxygen atoms in total. The van der Waals surface area contributed by atoms with Crippen LogP contribution >= 0.6 is 27.7 Å². The number of halogens is 2. The molecule has 6 heteroatoms. The van der Waals surface area contributed by atoms with Gasteiger partial charge in [-0.25, -0.2) is 14.2 Å². The zero-order valence-corrected chi connectivity index (χ0v) is 11.3. The highest BCUT2D eigenvalue weighted by atomic mass is 79.9. The largest absolute Gasteiger partial charge is 0.478 e. The van der Waals surface area contributed by atoms with Crippen LogP contribution in [0.3, 0.4) is 0 Å². The van der Waals surface area contributed by atoms with Crippen LogP contribution < -0.4 is 0 Å². The van der Waals surface area contributed by atoms with Gasteiger partial charge in [0.05, 0.1) is 10.0 Å². The molecule has 0 spiro atoms. The fraction of sp³-hybridized carbons (Fsp3) is 0. The van der Waals surface area contributed by atoms with Crippen molar-refractivity contribution in [3.63, 3.8) is 0 Å². The van der Waals surface area contributed by atoms with Crippen LogP contribution in [0, 0.1) is 5.82 Å². The minimum Gasteiger partial charge on any atom is -0.478 e. The number of nitrogens with zero attached hydrogens (tertiary/aromatic N) is 1. The first-order chi connectivity index (χ1) is 8.58. The second-order valence-corrected chi connectivity index (χ2v) is 5.22. The van der Waals surface area contributed by atoms with Gasteiger partial charge in [-0.2, -0.15) is 0 Å². The molecule has 1 aromatic heterocycles. The summed E-state index contributed by atoms with van der Waals surface area (Å²) in [6.45, 7) is 0. The van der Waals surface area contributed by atoms with E-state index in [9.17, 15) is 9.18 Å². The zero-order valence-electron chi connectivity index (χ0n) is 8.93. The SMILES string of the molecule is O=C(O)c1cc(F)ccc1Sc1ncccc1Br. The molecule has 0 bridgehead atoms. The average molecular weight is 328 g/mol. The summed E-state index contributed by atoms with van der Waals surface area (Å²) in [5.41, 5.74) is -0.0717. The molecular formula is C12H7BrFNO2S. The molecule has 2 rings (SSSR count). The van der Waals surface area contributed by atoms with E-state index in [1.54, 1.807) is 18.3 Å². The van der Waals surface area contributed by atoms with Crippen LogP contribution in [0.5, 0.6) is 0 Å². The Balaban J connectivity index is 2.41.